The number of rotatable bonds is 10. The fourth-order valence-electron chi connectivity index (χ4n) is 3.80. The maximum absolute atomic E-state index is 12.9. The highest BCUT2D eigenvalue weighted by Gasteiger charge is 2.19. The molecule has 0 unspecified atom stereocenters. The third-order valence-corrected chi connectivity index (χ3v) is 9.37. The average molecular weight is 658 g/mol. The van der Waals surface area contributed by atoms with E-state index >= 15 is 0 Å². The van der Waals surface area contributed by atoms with Crippen LogP contribution in [0.5, 0.6) is 0 Å². The van der Waals surface area contributed by atoms with E-state index in [9.17, 15) is 18.0 Å². The molecule has 13 heteroatoms. The third-order valence-electron chi connectivity index (χ3n) is 6.09. The van der Waals surface area contributed by atoms with Crippen molar-refractivity contribution in [1.82, 2.24) is 24.4 Å². The summed E-state index contributed by atoms with van der Waals surface area (Å²) >= 11 is 4.68. The van der Waals surface area contributed by atoms with Gasteiger partial charge in [-0.05, 0) is 79.6 Å². The van der Waals surface area contributed by atoms with E-state index in [0.717, 1.165) is 31.3 Å². The topological polar surface area (TPSA) is 126 Å². The van der Waals surface area contributed by atoms with Gasteiger partial charge < -0.3 is 10.6 Å². The van der Waals surface area contributed by atoms with Crippen LogP contribution in [0.1, 0.15) is 27.3 Å². The molecule has 0 saturated heterocycles. The summed E-state index contributed by atoms with van der Waals surface area (Å²) in [5.41, 5.74) is 3.85. The molecule has 1 heterocycles. The van der Waals surface area contributed by atoms with Crippen molar-refractivity contribution in [2.75, 3.05) is 25.2 Å². The van der Waals surface area contributed by atoms with Gasteiger partial charge >= 0.3 is 0 Å². The SMILES string of the molecule is Cc1ccc(C)c(NC(=O)CSc2nnc(CNC(=O)c3ccc(S(=O)(=O)N(C)C)cc3)n2-c2ccc(Br)cc2)c1. The van der Waals surface area contributed by atoms with E-state index in [0.29, 0.717) is 16.5 Å². The molecule has 2 amide bonds. The quantitative estimate of drug-likeness (QED) is 0.240. The van der Waals surface area contributed by atoms with Gasteiger partial charge in [-0.2, -0.15) is 0 Å². The van der Waals surface area contributed by atoms with Gasteiger partial charge in [-0.3, -0.25) is 14.2 Å². The van der Waals surface area contributed by atoms with E-state index in [4.69, 9.17) is 0 Å². The van der Waals surface area contributed by atoms with Crippen LogP contribution in [0.3, 0.4) is 0 Å². The Morgan fingerprint density at radius 3 is 2.32 bits per heavy atom. The zero-order valence-corrected chi connectivity index (χ0v) is 26.1. The van der Waals surface area contributed by atoms with Crippen molar-refractivity contribution in [2.45, 2.75) is 30.4 Å². The number of benzene rings is 3. The highest BCUT2D eigenvalue weighted by Crippen LogP contribution is 2.24. The second-order valence-electron chi connectivity index (χ2n) is 9.36. The summed E-state index contributed by atoms with van der Waals surface area (Å²) in [5, 5.41) is 14.8. The lowest BCUT2D eigenvalue weighted by Crippen LogP contribution is -2.25. The van der Waals surface area contributed by atoms with Crippen LogP contribution in [-0.4, -0.2) is 59.2 Å². The zero-order chi connectivity index (χ0) is 29.7. The molecule has 1 aromatic heterocycles. The standard InChI is InChI=1S/C28H29BrN6O4S2/c1-18-5-6-19(2)24(15-18)31-26(36)17-40-28-33-32-25(35(28)22-11-9-21(29)10-12-22)16-30-27(37)20-7-13-23(14-8-20)41(38,39)34(3)4/h5-15H,16-17H2,1-4H3,(H,30,37)(H,31,36). The summed E-state index contributed by atoms with van der Waals surface area (Å²) in [4.78, 5) is 25.7. The minimum Gasteiger partial charge on any atom is -0.345 e. The monoisotopic (exact) mass is 656 g/mol. The first-order valence-electron chi connectivity index (χ1n) is 12.5. The number of amides is 2. The predicted octanol–water partition coefficient (Wildman–Crippen LogP) is 4.56. The van der Waals surface area contributed by atoms with E-state index in [2.05, 4.69) is 36.8 Å². The summed E-state index contributed by atoms with van der Waals surface area (Å²) in [6.45, 7) is 3.96. The van der Waals surface area contributed by atoms with Gasteiger partial charge in [0.25, 0.3) is 5.91 Å². The number of sulfonamides is 1. The Morgan fingerprint density at radius 2 is 1.66 bits per heavy atom. The maximum Gasteiger partial charge on any atom is 0.251 e. The molecule has 3 aromatic carbocycles. The Morgan fingerprint density at radius 1 is 0.976 bits per heavy atom. The molecule has 0 fully saturated rings. The molecular formula is C28H29BrN6O4S2. The lowest BCUT2D eigenvalue weighted by atomic mass is 10.1. The van der Waals surface area contributed by atoms with Crippen LogP contribution in [0.25, 0.3) is 5.69 Å². The first kappa shape index (κ1) is 30.4. The largest absolute Gasteiger partial charge is 0.345 e. The number of thioether (sulfide) groups is 1. The van der Waals surface area contributed by atoms with E-state index in [-0.39, 0.29) is 23.1 Å². The van der Waals surface area contributed by atoms with Crippen LogP contribution in [0.4, 0.5) is 5.69 Å². The summed E-state index contributed by atoms with van der Waals surface area (Å²) in [6, 6.07) is 19.1. The fourth-order valence-corrected chi connectivity index (χ4v) is 5.73. The average Bonchev–Trinajstić information content (AvgIpc) is 3.35. The number of hydrogen-bond acceptors (Lipinski definition) is 7. The number of nitrogens with zero attached hydrogens (tertiary/aromatic N) is 4. The van der Waals surface area contributed by atoms with Crippen LogP contribution < -0.4 is 10.6 Å². The van der Waals surface area contributed by atoms with Crippen molar-refractivity contribution < 1.29 is 18.0 Å². The molecule has 214 valence electrons. The van der Waals surface area contributed by atoms with Crippen LogP contribution >= 0.6 is 27.7 Å². The molecule has 0 saturated carbocycles. The Labute approximate surface area is 251 Å². The first-order valence-corrected chi connectivity index (χ1v) is 15.7. The highest BCUT2D eigenvalue weighted by atomic mass is 79.9. The number of aromatic nitrogens is 3. The van der Waals surface area contributed by atoms with Gasteiger partial charge in [0.1, 0.15) is 0 Å². The predicted molar refractivity (Wildman–Crippen MR) is 163 cm³/mol. The molecule has 2 N–H and O–H groups in total. The molecule has 0 spiro atoms. The molecule has 0 aliphatic rings. The molecule has 0 radical (unpaired) electrons. The normalized spacial score (nSPS) is 11.5. The van der Waals surface area contributed by atoms with Crippen molar-refractivity contribution in [3.8, 4) is 5.69 Å². The molecule has 41 heavy (non-hydrogen) atoms. The molecule has 10 nitrogen and oxygen atoms in total. The van der Waals surface area contributed by atoms with Crippen LogP contribution in [-0.2, 0) is 21.4 Å². The third kappa shape index (κ3) is 7.41. The zero-order valence-electron chi connectivity index (χ0n) is 22.9. The molecule has 0 atom stereocenters. The van der Waals surface area contributed by atoms with Crippen LogP contribution in [0.15, 0.2) is 81.3 Å². The van der Waals surface area contributed by atoms with E-state index in [1.165, 1.54) is 50.1 Å². The number of carbonyl (C=O) groups excluding carboxylic acids is 2. The van der Waals surface area contributed by atoms with Crippen LogP contribution in [0.2, 0.25) is 0 Å². The Bertz CT molecular complexity index is 1670. The van der Waals surface area contributed by atoms with Gasteiger partial charge in [0, 0.05) is 35.5 Å². The number of hydrogen-bond donors (Lipinski definition) is 2. The molecular weight excluding hydrogens is 628 g/mol. The minimum atomic E-state index is -3.60. The molecule has 4 rings (SSSR count). The van der Waals surface area contributed by atoms with Gasteiger partial charge in [-0.25, -0.2) is 12.7 Å². The Hall–Kier alpha value is -3.52. The van der Waals surface area contributed by atoms with Gasteiger partial charge in [0.15, 0.2) is 11.0 Å². The Balaban J connectivity index is 1.49. The molecule has 0 bridgehead atoms. The lowest BCUT2D eigenvalue weighted by Gasteiger charge is -2.13. The second kappa shape index (κ2) is 13.0. The van der Waals surface area contributed by atoms with Gasteiger partial charge in [0.2, 0.25) is 15.9 Å². The molecule has 0 aliphatic heterocycles. The van der Waals surface area contributed by atoms with Crippen molar-refractivity contribution in [3.05, 3.63) is 93.7 Å². The van der Waals surface area contributed by atoms with Crippen LogP contribution in [0, 0.1) is 13.8 Å². The summed E-state index contributed by atoms with van der Waals surface area (Å²) in [7, 11) is -0.707. The number of anilines is 1. The van der Waals surface area contributed by atoms with E-state index < -0.39 is 15.9 Å². The number of halogens is 1. The van der Waals surface area contributed by atoms with Gasteiger partial charge in [0.05, 0.1) is 17.2 Å². The van der Waals surface area contributed by atoms with E-state index in [1.807, 2.05) is 56.3 Å². The fraction of sp³-hybridized carbons (Fsp3) is 0.214. The lowest BCUT2D eigenvalue weighted by molar-refractivity contribution is -0.113. The van der Waals surface area contributed by atoms with Crippen molar-refractivity contribution in [1.29, 1.82) is 0 Å². The van der Waals surface area contributed by atoms with Gasteiger partial charge in [-0.1, -0.05) is 39.8 Å². The van der Waals surface area contributed by atoms with Crippen molar-refractivity contribution >= 4 is 55.2 Å². The maximum atomic E-state index is 12.9. The minimum absolute atomic E-state index is 0.0505. The van der Waals surface area contributed by atoms with Crippen molar-refractivity contribution in [3.63, 3.8) is 0 Å². The number of nitrogens with one attached hydrogen (secondary N) is 2. The number of aryl methyl sites for hydroxylation is 2. The van der Waals surface area contributed by atoms with Gasteiger partial charge in [-0.15, -0.1) is 10.2 Å². The van der Waals surface area contributed by atoms with Crippen molar-refractivity contribution in [2.24, 2.45) is 0 Å². The second-order valence-corrected chi connectivity index (χ2v) is 13.4. The Kier molecular flexibility index (Phi) is 9.64. The molecule has 0 aliphatic carbocycles. The summed E-state index contributed by atoms with van der Waals surface area (Å²) in [5.74, 6) is -0.00354. The smallest absolute Gasteiger partial charge is 0.251 e. The summed E-state index contributed by atoms with van der Waals surface area (Å²) < 4.78 is 28.4. The van der Waals surface area contributed by atoms with E-state index in [1.54, 1.807) is 4.57 Å². The first-order chi connectivity index (χ1) is 19.5. The molecule has 4 aromatic rings. The highest BCUT2D eigenvalue weighted by molar-refractivity contribution is 9.10. The number of carbonyl (C=O) groups is 2. The summed E-state index contributed by atoms with van der Waals surface area (Å²) in [6.07, 6.45) is 0.